The fraction of sp³-hybridized carbons (Fsp3) is 0.333. The number of rotatable bonds is 4. The first-order valence-corrected chi connectivity index (χ1v) is 9.12. The fourth-order valence-electron chi connectivity index (χ4n) is 3.72. The number of pyridine rings is 1. The highest BCUT2D eigenvalue weighted by molar-refractivity contribution is 5.74. The molecule has 3 aromatic rings. The van der Waals surface area contributed by atoms with E-state index in [0.29, 0.717) is 19.6 Å². The molecule has 0 radical (unpaired) electrons. The van der Waals surface area contributed by atoms with E-state index in [4.69, 9.17) is 10.7 Å². The van der Waals surface area contributed by atoms with Crippen LogP contribution in [0.2, 0.25) is 0 Å². The minimum Gasteiger partial charge on any atom is -0.341 e. The van der Waals surface area contributed by atoms with Gasteiger partial charge in [0.05, 0.1) is 42.4 Å². The molecule has 0 spiro atoms. The first-order valence-electron chi connectivity index (χ1n) is 9.12. The van der Waals surface area contributed by atoms with Gasteiger partial charge in [-0.3, -0.25) is 9.88 Å². The molecule has 1 aliphatic rings. The maximum Gasteiger partial charge on any atom is 0.121 e. The molecule has 132 valence electrons. The largest absolute Gasteiger partial charge is 0.341 e. The van der Waals surface area contributed by atoms with Gasteiger partial charge in [0.25, 0.3) is 0 Å². The third-order valence-corrected chi connectivity index (χ3v) is 4.91. The van der Waals surface area contributed by atoms with Crippen LogP contribution in [0.5, 0.6) is 0 Å². The van der Waals surface area contributed by atoms with Gasteiger partial charge in [0.15, 0.2) is 0 Å². The third kappa shape index (κ3) is 3.48. The molecule has 1 aliphatic carbocycles. The molecule has 5 heteroatoms. The zero-order valence-electron chi connectivity index (χ0n) is 14.8. The van der Waals surface area contributed by atoms with Crippen molar-refractivity contribution in [2.45, 2.75) is 31.8 Å². The lowest BCUT2D eigenvalue weighted by molar-refractivity contribution is 0.184. The van der Waals surface area contributed by atoms with Crippen LogP contribution in [0.15, 0.2) is 42.6 Å². The average molecular weight is 345 g/mol. The van der Waals surface area contributed by atoms with E-state index in [-0.39, 0.29) is 6.04 Å². The first kappa shape index (κ1) is 16.8. The van der Waals surface area contributed by atoms with Gasteiger partial charge in [0.2, 0.25) is 0 Å². The van der Waals surface area contributed by atoms with Crippen molar-refractivity contribution >= 4 is 11.0 Å². The lowest BCUT2D eigenvalue weighted by atomic mass is 9.91. The van der Waals surface area contributed by atoms with E-state index in [1.807, 2.05) is 30.5 Å². The van der Waals surface area contributed by atoms with Crippen LogP contribution in [-0.2, 0) is 13.0 Å². The van der Waals surface area contributed by atoms with Crippen molar-refractivity contribution in [2.75, 3.05) is 13.1 Å². The standard InChI is InChI=1S/C21H23N5/c22-12-3-4-14-26(15-20-24-17-9-1-2-10-18(17)25-20)19-11-5-7-16-8-6-13-23-21(16)19/h1-2,6,8-10,13,19H,5,7,11-12,14-15,22H2,(H,24,25)/t19-/m0/s1. The van der Waals surface area contributed by atoms with Crippen LogP contribution in [0.4, 0.5) is 0 Å². The quantitative estimate of drug-likeness (QED) is 0.713. The Bertz CT molecular complexity index is 916. The molecule has 1 aromatic carbocycles. The Morgan fingerprint density at radius 1 is 1.19 bits per heavy atom. The highest BCUT2D eigenvalue weighted by Crippen LogP contribution is 2.33. The van der Waals surface area contributed by atoms with Gasteiger partial charge in [-0.1, -0.05) is 30.0 Å². The number of imidazole rings is 1. The predicted molar refractivity (Wildman–Crippen MR) is 103 cm³/mol. The van der Waals surface area contributed by atoms with E-state index in [0.717, 1.165) is 29.7 Å². The maximum atomic E-state index is 5.55. The molecule has 0 saturated heterocycles. The Kier molecular flexibility index (Phi) is 4.96. The molecule has 4 rings (SSSR count). The number of para-hydroxylation sites is 2. The summed E-state index contributed by atoms with van der Waals surface area (Å²) in [5.41, 5.74) is 10.2. The molecule has 0 amide bonds. The molecule has 0 saturated carbocycles. The summed E-state index contributed by atoms with van der Waals surface area (Å²) in [5, 5.41) is 0. The molecular formula is C21H23N5. The zero-order chi connectivity index (χ0) is 17.8. The minimum absolute atomic E-state index is 0.264. The van der Waals surface area contributed by atoms with E-state index < -0.39 is 0 Å². The SMILES string of the molecule is NCC#CCN(Cc1nc2ccccc2[nH]1)[C@H]1CCCc2cccnc21. The number of nitrogens with two attached hydrogens (primary N) is 1. The number of H-pyrrole nitrogens is 1. The van der Waals surface area contributed by atoms with Crippen molar-refractivity contribution in [1.29, 1.82) is 0 Å². The summed E-state index contributed by atoms with van der Waals surface area (Å²) >= 11 is 0. The first-order chi connectivity index (χ1) is 12.8. The fourth-order valence-corrected chi connectivity index (χ4v) is 3.72. The Labute approximate surface area is 153 Å². The summed E-state index contributed by atoms with van der Waals surface area (Å²) in [6.45, 7) is 1.77. The number of nitrogens with zero attached hydrogens (tertiary/aromatic N) is 3. The predicted octanol–water partition coefficient (Wildman–Crippen LogP) is 2.80. The van der Waals surface area contributed by atoms with E-state index in [9.17, 15) is 0 Å². The Morgan fingerprint density at radius 3 is 3.00 bits per heavy atom. The molecule has 5 nitrogen and oxygen atoms in total. The lowest BCUT2D eigenvalue weighted by Crippen LogP contribution is -2.32. The van der Waals surface area contributed by atoms with Crippen LogP contribution in [-0.4, -0.2) is 32.9 Å². The van der Waals surface area contributed by atoms with Crippen LogP contribution >= 0.6 is 0 Å². The monoisotopic (exact) mass is 345 g/mol. The molecule has 26 heavy (non-hydrogen) atoms. The highest BCUT2D eigenvalue weighted by atomic mass is 15.2. The third-order valence-electron chi connectivity index (χ3n) is 4.91. The molecule has 2 aromatic heterocycles. The van der Waals surface area contributed by atoms with Crippen LogP contribution in [0, 0.1) is 11.8 Å². The smallest absolute Gasteiger partial charge is 0.121 e. The van der Waals surface area contributed by atoms with Crippen LogP contribution in [0.25, 0.3) is 11.0 Å². The molecule has 3 N–H and O–H groups in total. The maximum absolute atomic E-state index is 5.55. The van der Waals surface area contributed by atoms with E-state index in [1.165, 1.54) is 17.7 Å². The Balaban J connectivity index is 1.64. The highest BCUT2D eigenvalue weighted by Gasteiger charge is 2.27. The Morgan fingerprint density at radius 2 is 2.12 bits per heavy atom. The number of fused-ring (bicyclic) bond motifs is 2. The second-order valence-electron chi connectivity index (χ2n) is 6.62. The van der Waals surface area contributed by atoms with Crippen LogP contribution in [0.1, 0.15) is 36.0 Å². The van der Waals surface area contributed by atoms with Gasteiger partial charge < -0.3 is 10.7 Å². The number of hydrogen-bond acceptors (Lipinski definition) is 4. The number of hydrogen-bond donors (Lipinski definition) is 2. The minimum atomic E-state index is 0.264. The summed E-state index contributed by atoms with van der Waals surface area (Å²) in [6.07, 6.45) is 5.26. The van der Waals surface area contributed by atoms with Gasteiger partial charge in [-0.25, -0.2) is 4.98 Å². The molecule has 0 unspecified atom stereocenters. The second kappa shape index (κ2) is 7.69. The number of aromatic nitrogens is 3. The van der Waals surface area contributed by atoms with Gasteiger partial charge in [0, 0.05) is 6.20 Å². The number of benzene rings is 1. The van der Waals surface area contributed by atoms with Crippen molar-refractivity contribution < 1.29 is 0 Å². The van der Waals surface area contributed by atoms with E-state index >= 15 is 0 Å². The summed E-state index contributed by atoms with van der Waals surface area (Å²) in [7, 11) is 0. The summed E-state index contributed by atoms with van der Waals surface area (Å²) in [5.74, 6) is 7.15. The van der Waals surface area contributed by atoms with Gasteiger partial charge in [-0.05, 0) is 43.0 Å². The number of aryl methyl sites for hydroxylation is 1. The zero-order valence-corrected chi connectivity index (χ0v) is 14.8. The van der Waals surface area contributed by atoms with Crippen molar-refractivity contribution in [3.05, 3.63) is 59.7 Å². The van der Waals surface area contributed by atoms with E-state index in [2.05, 4.69) is 38.8 Å². The summed E-state index contributed by atoms with van der Waals surface area (Å²) in [4.78, 5) is 15.2. The molecule has 1 atom stereocenters. The van der Waals surface area contributed by atoms with Gasteiger partial charge in [0.1, 0.15) is 5.82 Å². The van der Waals surface area contributed by atoms with Crippen molar-refractivity contribution in [2.24, 2.45) is 5.73 Å². The summed E-state index contributed by atoms with van der Waals surface area (Å²) < 4.78 is 0. The normalized spacial score (nSPS) is 16.3. The molecule has 0 aliphatic heterocycles. The van der Waals surface area contributed by atoms with Crippen molar-refractivity contribution in [3.63, 3.8) is 0 Å². The number of nitrogens with one attached hydrogen (secondary N) is 1. The Hall–Kier alpha value is -2.68. The molecule has 0 bridgehead atoms. The topological polar surface area (TPSA) is 70.8 Å². The molecule has 0 fully saturated rings. The van der Waals surface area contributed by atoms with E-state index in [1.54, 1.807) is 0 Å². The van der Waals surface area contributed by atoms with Crippen molar-refractivity contribution in [1.82, 2.24) is 19.9 Å². The lowest BCUT2D eigenvalue weighted by Gasteiger charge is -2.33. The molecular weight excluding hydrogens is 322 g/mol. The van der Waals surface area contributed by atoms with Crippen molar-refractivity contribution in [3.8, 4) is 11.8 Å². The second-order valence-corrected chi connectivity index (χ2v) is 6.62. The molecule has 2 heterocycles. The van der Waals surface area contributed by atoms with Crippen LogP contribution in [0.3, 0.4) is 0 Å². The van der Waals surface area contributed by atoms with Gasteiger partial charge in [-0.15, -0.1) is 0 Å². The number of aromatic amines is 1. The summed E-state index contributed by atoms with van der Waals surface area (Å²) in [6, 6.07) is 12.6. The van der Waals surface area contributed by atoms with Crippen LogP contribution < -0.4 is 5.73 Å². The average Bonchev–Trinajstić information content (AvgIpc) is 3.09. The van der Waals surface area contributed by atoms with Gasteiger partial charge in [-0.2, -0.15) is 0 Å². The van der Waals surface area contributed by atoms with Gasteiger partial charge >= 0.3 is 0 Å².